The molecule has 110 valence electrons. The van der Waals surface area contributed by atoms with Crippen LogP contribution in [0.4, 0.5) is 15.8 Å². The van der Waals surface area contributed by atoms with Crippen molar-refractivity contribution in [3.05, 3.63) is 46.9 Å². The van der Waals surface area contributed by atoms with Crippen LogP contribution in [0.3, 0.4) is 0 Å². The molecule has 1 aromatic carbocycles. The van der Waals surface area contributed by atoms with Crippen LogP contribution >= 0.6 is 0 Å². The number of pyridine rings is 1. The minimum absolute atomic E-state index is 0.118. The molecular formula is C15H15FN2O3. The minimum atomic E-state index is -0.624. The smallest absolute Gasteiger partial charge is 0.341 e. The van der Waals surface area contributed by atoms with Crippen LogP contribution in [0, 0.1) is 19.7 Å². The first-order chi connectivity index (χ1) is 9.93. The average molecular weight is 290 g/mol. The molecule has 0 saturated carbocycles. The first-order valence-corrected chi connectivity index (χ1v) is 6.24. The lowest BCUT2D eigenvalue weighted by Gasteiger charge is -2.14. The summed E-state index contributed by atoms with van der Waals surface area (Å²) in [4.78, 5) is 15.5. The molecule has 0 aliphatic rings. The van der Waals surface area contributed by atoms with Crippen LogP contribution in [0.2, 0.25) is 0 Å². The molecule has 1 aromatic heterocycles. The van der Waals surface area contributed by atoms with Gasteiger partial charge in [-0.15, -0.1) is 0 Å². The molecule has 0 radical (unpaired) electrons. The van der Waals surface area contributed by atoms with E-state index in [9.17, 15) is 14.3 Å². The van der Waals surface area contributed by atoms with Gasteiger partial charge in [0.2, 0.25) is 5.88 Å². The normalized spacial score (nSPS) is 10.3. The van der Waals surface area contributed by atoms with E-state index in [-0.39, 0.29) is 22.8 Å². The number of esters is 1. The van der Waals surface area contributed by atoms with Crippen LogP contribution in [0.5, 0.6) is 5.88 Å². The van der Waals surface area contributed by atoms with Crippen molar-refractivity contribution in [2.75, 3.05) is 12.4 Å². The van der Waals surface area contributed by atoms with E-state index in [4.69, 9.17) is 0 Å². The van der Waals surface area contributed by atoms with E-state index in [1.54, 1.807) is 26.0 Å². The molecule has 0 aliphatic heterocycles. The number of carbonyl (C=O) groups is 1. The fraction of sp³-hybridized carbons (Fsp3) is 0.200. The molecule has 0 spiro atoms. The summed E-state index contributed by atoms with van der Waals surface area (Å²) in [5, 5.41) is 12.5. The molecule has 1 heterocycles. The SMILES string of the molecule is COC(=O)c1cnc(O)c(C)c1Nc1ccc(C)cc1F. The van der Waals surface area contributed by atoms with E-state index >= 15 is 0 Å². The molecule has 21 heavy (non-hydrogen) atoms. The molecule has 0 aliphatic carbocycles. The van der Waals surface area contributed by atoms with Crippen molar-refractivity contribution in [2.24, 2.45) is 0 Å². The van der Waals surface area contributed by atoms with Crippen LogP contribution in [0.15, 0.2) is 24.4 Å². The Kier molecular flexibility index (Phi) is 4.07. The number of halogens is 1. The summed E-state index contributed by atoms with van der Waals surface area (Å²) in [7, 11) is 1.24. The van der Waals surface area contributed by atoms with Gasteiger partial charge < -0.3 is 15.2 Å². The fourth-order valence-electron chi connectivity index (χ4n) is 1.88. The number of nitrogens with one attached hydrogen (secondary N) is 1. The summed E-state index contributed by atoms with van der Waals surface area (Å²) < 4.78 is 18.6. The summed E-state index contributed by atoms with van der Waals surface area (Å²) in [6.07, 6.45) is 1.18. The number of nitrogens with zero attached hydrogens (tertiary/aromatic N) is 1. The number of benzene rings is 1. The van der Waals surface area contributed by atoms with E-state index in [0.717, 1.165) is 5.56 Å². The second-order valence-electron chi connectivity index (χ2n) is 4.60. The molecule has 0 fully saturated rings. The zero-order valence-corrected chi connectivity index (χ0v) is 11.9. The van der Waals surface area contributed by atoms with Gasteiger partial charge in [-0.05, 0) is 31.5 Å². The second kappa shape index (κ2) is 5.78. The average Bonchev–Trinajstić information content (AvgIpc) is 2.45. The number of aryl methyl sites for hydroxylation is 1. The molecule has 0 atom stereocenters. The molecule has 6 heteroatoms. The predicted octanol–water partition coefficient (Wildman–Crippen LogP) is 3.07. The van der Waals surface area contributed by atoms with E-state index in [0.29, 0.717) is 5.56 Å². The highest BCUT2D eigenvalue weighted by Gasteiger charge is 2.18. The predicted molar refractivity (Wildman–Crippen MR) is 76.4 cm³/mol. The number of rotatable bonds is 3. The maximum Gasteiger partial charge on any atom is 0.341 e. The monoisotopic (exact) mass is 290 g/mol. The van der Waals surface area contributed by atoms with Crippen molar-refractivity contribution < 1.29 is 19.0 Å². The van der Waals surface area contributed by atoms with Gasteiger partial charge in [0.25, 0.3) is 0 Å². The van der Waals surface area contributed by atoms with Crippen LogP contribution in [-0.2, 0) is 4.74 Å². The number of hydrogen-bond acceptors (Lipinski definition) is 5. The van der Waals surface area contributed by atoms with Gasteiger partial charge in [-0.25, -0.2) is 14.2 Å². The number of anilines is 2. The van der Waals surface area contributed by atoms with Crippen molar-refractivity contribution in [1.82, 2.24) is 4.98 Å². The summed E-state index contributed by atoms with van der Waals surface area (Å²) in [5.41, 5.74) is 1.68. The van der Waals surface area contributed by atoms with Crippen molar-refractivity contribution in [1.29, 1.82) is 0 Å². The molecule has 2 rings (SSSR count). The number of aromatic nitrogens is 1. The number of carbonyl (C=O) groups excluding carboxylic acids is 1. The molecular weight excluding hydrogens is 275 g/mol. The quantitative estimate of drug-likeness (QED) is 0.850. The summed E-state index contributed by atoms with van der Waals surface area (Å²) in [6, 6.07) is 4.67. The first-order valence-electron chi connectivity index (χ1n) is 6.24. The number of ether oxygens (including phenoxy) is 1. The topological polar surface area (TPSA) is 71.5 Å². The maximum absolute atomic E-state index is 13.9. The minimum Gasteiger partial charge on any atom is -0.493 e. The Hall–Kier alpha value is -2.63. The Bertz CT molecular complexity index is 702. The van der Waals surface area contributed by atoms with Crippen molar-refractivity contribution >= 4 is 17.3 Å². The summed E-state index contributed by atoms with van der Waals surface area (Å²) in [5.74, 6) is -1.32. The van der Waals surface area contributed by atoms with E-state index in [1.807, 2.05) is 0 Å². The first kappa shape index (κ1) is 14.8. The Morgan fingerprint density at radius 2 is 2.10 bits per heavy atom. The van der Waals surface area contributed by atoms with Gasteiger partial charge in [0.1, 0.15) is 11.4 Å². The van der Waals surface area contributed by atoms with Crippen LogP contribution in [0.1, 0.15) is 21.5 Å². The van der Waals surface area contributed by atoms with Crippen LogP contribution in [-0.4, -0.2) is 23.2 Å². The zero-order valence-electron chi connectivity index (χ0n) is 11.9. The Labute approximate surface area is 121 Å². The van der Waals surface area contributed by atoms with Crippen molar-refractivity contribution in [3.8, 4) is 5.88 Å². The Morgan fingerprint density at radius 3 is 2.71 bits per heavy atom. The molecule has 2 aromatic rings. The summed E-state index contributed by atoms with van der Waals surface area (Å²) >= 11 is 0. The molecule has 5 nitrogen and oxygen atoms in total. The van der Waals surface area contributed by atoms with Crippen LogP contribution < -0.4 is 5.32 Å². The fourth-order valence-corrected chi connectivity index (χ4v) is 1.88. The van der Waals surface area contributed by atoms with Crippen molar-refractivity contribution in [2.45, 2.75) is 13.8 Å². The van der Waals surface area contributed by atoms with Crippen molar-refractivity contribution in [3.63, 3.8) is 0 Å². The summed E-state index contributed by atoms with van der Waals surface area (Å²) in [6.45, 7) is 3.35. The molecule has 0 bridgehead atoms. The Balaban J connectivity index is 2.51. The lowest BCUT2D eigenvalue weighted by Crippen LogP contribution is -2.09. The highest BCUT2D eigenvalue weighted by molar-refractivity contribution is 5.97. The molecule has 2 N–H and O–H groups in total. The van der Waals surface area contributed by atoms with Crippen LogP contribution in [0.25, 0.3) is 0 Å². The largest absolute Gasteiger partial charge is 0.493 e. The lowest BCUT2D eigenvalue weighted by molar-refractivity contribution is 0.0601. The van der Waals surface area contributed by atoms with E-state index < -0.39 is 11.8 Å². The van der Waals surface area contributed by atoms with Gasteiger partial charge in [0.15, 0.2) is 0 Å². The molecule has 0 unspecified atom stereocenters. The Morgan fingerprint density at radius 1 is 1.38 bits per heavy atom. The standard InChI is InChI=1S/C15H15FN2O3/c1-8-4-5-12(11(16)6-8)18-13-9(2)14(19)17-7-10(13)15(20)21-3/h4-7H,1-3H3,(H2,17,18,19). The van der Waals surface area contributed by atoms with Gasteiger partial charge in [0.05, 0.1) is 18.5 Å². The van der Waals surface area contributed by atoms with E-state index in [2.05, 4.69) is 15.0 Å². The molecule has 0 saturated heterocycles. The lowest BCUT2D eigenvalue weighted by atomic mass is 10.1. The third kappa shape index (κ3) is 2.94. The zero-order chi connectivity index (χ0) is 15.6. The number of hydrogen-bond donors (Lipinski definition) is 2. The van der Waals surface area contributed by atoms with Gasteiger partial charge in [-0.1, -0.05) is 6.07 Å². The van der Waals surface area contributed by atoms with Gasteiger partial charge >= 0.3 is 5.97 Å². The maximum atomic E-state index is 13.9. The van der Waals surface area contributed by atoms with Gasteiger partial charge in [-0.2, -0.15) is 0 Å². The van der Waals surface area contributed by atoms with Gasteiger partial charge in [-0.3, -0.25) is 0 Å². The van der Waals surface area contributed by atoms with Gasteiger partial charge in [0, 0.05) is 11.8 Å². The highest BCUT2D eigenvalue weighted by atomic mass is 19.1. The second-order valence-corrected chi connectivity index (χ2v) is 4.60. The third-order valence-corrected chi connectivity index (χ3v) is 3.09. The molecule has 0 amide bonds. The van der Waals surface area contributed by atoms with E-state index in [1.165, 1.54) is 19.4 Å². The number of aromatic hydroxyl groups is 1. The highest BCUT2D eigenvalue weighted by Crippen LogP contribution is 2.30. The number of methoxy groups -OCH3 is 1. The third-order valence-electron chi connectivity index (χ3n) is 3.09.